The molecule has 0 aliphatic carbocycles. The second kappa shape index (κ2) is 13.4. The van der Waals surface area contributed by atoms with Gasteiger partial charge in [0.25, 0.3) is 5.91 Å². The Labute approximate surface area is 229 Å². The van der Waals surface area contributed by atoms with Gasteiger partial charge in [0.05, 0.1) is 19.1 Å². The zero-order chi connectivity index (χ0) is 28.6. The van der Waals surface area contributed by atoms with Crippen LogP contribution < -0.4 is 14.8 Å². The van der Waals surface area contributed by atoms with Crippen LogP contribution in [0.4, 0.5) is 13.2 Å². The standard InChI is InChI=1S/C29H29ClF3NO5/c1-3-4-25(18-5-7-20(8-6-18)28(37)34-14-13-26(35)36)27(19-9-11-22(30)12-10-19)39-24-16-21(29(31,32)33)15-23(17-24)38-2/h5-12,15-17,25,27H,3-4,13-14H2,1-2H3,(H,34,37)(H,35,36)/t25-,27+/m1/s1. The molecule has 0 aliphatic rings. The summed E-state index contributed by atoms with van der Waals surface area (Å²) in [5.74, 6) is -1.70. The molecule has 0 unspecified atom stereocenters. The van der Waals surface area contributed by atoms with Crippen LogP contribution in [0.1, 0.15) is 65.3 Å². The number of carboxylic acid groups (broad SMARTS) is 1. The van der Waals surface area contributed by atoms with E-state index in [0.29, 0.717) is 22.6 Å². The van der Waals surface area contributed by atoms with Gasteiger partial charge in [-0.1, -0.05) is 49.2 Å². The van der Waals surface area contributed by atoms with Gasteiger partial charge >= 0.3 is 12.1 Å². The van der Waals surface area contributed by atoms with Crippen molar-refractivity contribution in [3.05, 3.63) is 94.0 Å². The molecule has 0 saturated carbocycles. The highest BCUT2D eigenvalue weighted by Gasteiger charge is 2.33. The van der Waals surface area contributed by atoms with Crippen molar-refractivity contribution in [2.24, 2.45) is 0 Å². The monoisotopic (exact) mass is 563 g/mol. The summed E-state index contributed by atoms with van der Waals surface area (Å²) in [6.45, 7) is 1.99. The lowest BCUT2D eigenvalue weighted by Crippen LogP contribution is -2.26. The first-order valence-electron chi connectivity index (χ1n) is 12.3. The van der Waals surface area contributed by atoms with Crippen LogP contribution in [-0.4, -0.2) is 30.6 Å². The molecule has 3 aromatic rings. The fourth-order valence-electron chi connectivity index (χ4n) is 4.17. The second-order valence-corrected chi connectivity index (χ2v) is 9.34. The number of amides is 1. The average Bonchev–Trinajstić information content (AvgIpc) is 2.90. The average molecular weight is 564 g/mol. The molecule has 3 aromatic carbocycles. The number of carbonyl (C=O) groups is 2. The van der Waals surface area contributed by atoms with Crippen molar-refractivity contribution in [3.63, 3.8) is 0 Å². The van der Waals surface area contributed by atoms with Gasteiger partial charge in [-0.3, -0.25) is 9.59 Å². The van der Waals surface area contributed by atoms with Crippen LogP contribution >= 0.6 is 11.6 Å². The molecule has 2 atom stereocenters. The van der Waals surface area contributed by atoms with Crippen molar-refractivity contribution >= 4 is 23.5 Å². The Morgan fingerprint density at radius 2 is 1.59 bits per heavy atom. The van der Waals surface area contributed by atoms with Crippen LogP contribution in [0.25, 0.3) is 0 Å². The first-order valence-corrected chi connectivity index (χ1v) is 12.7. The van der Waals surface area contributed by atoms with E-state index in [-0.39, 0.29) is 30.4 Å². The number of carbonyl (C=O) groups excluding carboxylic acids is 1. The summed E-state index contributed by atoms with van der Waals surface area (Å²) >= 11 is 6.09. The number of hydrogen-bond donors (Lipinski definition) is 2. The highest BCUT2D eigenvalue weighted by atomic mass is 35.5. The molecular weight excluding hydrogens is 535 g/mol. The molecule has 39 heavy (non-hydrogen) atoms. The van der Waals surface area contributed by atoms with Crippen molar-refractivity contribution in [1.82, 2.24) is 5.32 Å². The smallest absolute Gasteiger partial charge is 0.416 e. The molecular formula is C29H29ClF3NO5. The highest BCUT2D eigenvalue weighted by molar-refractivity contribution is 6.30. The van der Waals surface area contributed by atoms with Crippen molar-refractivity contribution in [2.45, 2.75) is 44.4 Å². The van der Waals surface area contributed by atoms with Crippen molar-refractivity contribution in [3.8, 4) is 11.5 Å². The van der Waals surface area contributed by atoms with Crippen LogP contribution in [0.3, 0.4) is 0 Å². The third kappa shape index (κ3) is 8.38. The van der Waals surface area contributed by atoms with Gasteiger partial charge in [0, 0.05) is 29.1 Å². The van der Waals surface area contributed by atoms with Crippen LogP contribution in [0, 0.1) is 0 Å². The van der Waals surface area contributed by atoms with E-state index >= 15 is 0 Å². The second-order valence-electron chi connectivity index (χ2n) is 8.90. The minimum absolute atomic E-state index is 0.00130. The van der Waals surface area contributed by atoms with Gasteiger partial charge < -0.3 is 19.9 Å². The van der Waals surface area contributed by atoms with Gasteiger partial charge in [0.15, 0.2) is 0 Å². The van der Waals surface area contributed by atoms with E-state index in [4.69, 9.17) is 26.2 Å². The molecule has 2 N–H and O–H groups in total. The lowest BCUT2D eigenvalue weighted by molar-refractivity contribution is -0.138. The molecule has 0 fully saturated rings. The SMILES string of the molecule is CCC[C@H](c1ccc(C(=O)NCCC(=O)O)cc1)[C@@H](Oc1cc(OC)cc(C(F)(F)F)c1)c1ccc(Cl)cc1. The number of halogens is 4. The third-order valence-corrected chi connectivity index (χ3v) is 6.35. The first-order chi connectivity index (χ1) is 18.5. The molecule has 0 saturated heterocycles. The minimum atomic E-state index is -4.59. The Kier molecular flexibility index (Phi) is 10.2. The van der Waals surface area contributed by atoms with E-state index in [2.05, 4.69) is 5.32 Å². The van der Waals surface area contributed by atoms with Crippen LogP contribution in [-0.2, 0) is 11.0 Å². The summed E-state index contributed by atoms with van der Waals surface area (Å²) in [5.41, 5.74) is 0.991. The fourth-order valence-corrected chi connectivity index (χ4v) is 4.30. The van der Waals surface area contributed by atoms with E-state index in [1.807, 2.05) is 6.92 Å². The number of ether oxygens (including phenoxy) is 2. The maximum Gasteiger partial charge on any atom is 0.416 e. The predicted octanol–water partition coefficient (Wildman–Crippen LogP) is 7.28. The molecule has 0 aromatic heterocycles. The van der Waals surface area contributed by atoms with Gasteiger partial charge in [0.1, 0.15) is 17.6 Å². The van der Waals surface area contributed by atoms with Gasteiger partial charge in [-0.25, -0.2) is 0 Å². The number of nitrogens with one attached hydrogen (secondary N) is 1. The van der Waals surface area contributed by atoms with Crippen molar-refractivity contribution < 1.29 is 37.3 Å². The topological polar surface area (TPSA) is 84.9 Å². The number of rotatable bonds is 12. The van der Waals surface area contributed by atoms with Crippen LogP contribution in [0.15, 0.2) is 66.7 Å². The number of alkyl halides is 3. The molecule has 208 valence electrons. The van der Waals surface area contributed by atoms with E-state index in [1.165, 1.54) is 13.2 Å². The van der Waals surface area contributed by atoms with Gasteiger partial charge in [0.2, 0.25) is 0 Å². The first kappa shape index (κ1) is 29.8. The number of hydrogen-bond acceptors (Lipinski definition) is 4. The number of methoxy groups -OCH3 is 1. The summed E-state index contributed by atoms with van der Waals surface area (Å²) in [4.78, 5) is 23.1. The number of benzene rings is 3. The number of carboxylic acids is 1. The summed E-state index contributed by atoms with van der Waals surface area (Å²) in [6.07, 6.45) is -4.09. The van der Waals surface area contributed by atoms with Crippen molar-refractivity contribution in [1.29, 1.82) is 0 Å². The molecule has 0 radical (unpaired) electrons. The lowest BCUT2D eigenvalue weighted by Gasteiger charge is -2.29. The fraction of sp³-hybridized carbons (Fsp3) is 0.310. The van der Waals surface area contributed by atoms with Gasteiger partial charge in [-0.05, 0) is 53.9 Å². The summed E-state index contributed by atoms with van der Waals surface area (Å²) in [6, 6.07) is 17.0. The molecule has 0 bridgehead atoms. The zero-order valence-corrected chi connectivity index (χ0v) is 22.2. The largest absolute Gasteiger partial charge is 0.497 e. The van der Waals surface area contributed by atoms with Gasteiger partial charge in [-0.15, -0.1) is 0 Å². The van der Waals surface area contributed by atoms with E-state index in [0.717, 1.165) is 24.1 Å². The van der Waals surface area contributed by atoms with Gasteiger partial charge in [-0.2, -0.15) is 13.2 Å². The maximum absolute atomic E-state index is 13.6. The van der Waals surface area contributed by atoms with Crippen LogP contribution in [0.5, 0.6) is 11.5 Å². The summed E-state index contributed by atoms with van der Waals surface area (Å²) in [7, 11) is 1.29. The summed E-state index contributed by atoms with van der Waals surface area (Å²) < 4.78 is 52.1. The molecule has 6 nitrogen and oxygen atoms in total. The highest BCUT2D eigenvalue weighted by Crippen LogP contribution is 2.41. The third-order valence-electron chi connectivity index (χ3n) is 6.10. The van der Waals surface area contributed by atoms with E-state index < -0.39 is 29.7 Å². The molecule has 1 amide bonds. The van der Waals surface area contributed by atoms with E-state index in [1.54, 1.807) is 48.5 Å². The Morgan fingerprint density at radius 1 is 0.974 bits per heavy atom. The Bertz CT molecular complexity index is 1260. The Morgan fingerprint density at radius 3 is 2.15 bits per heavy atom. The van der Waals surface area contributed by atoms with Crippen LogP contribution in [0.2, 0.25) is 5.02 Å². The summed E-state index contributed by atoms with van der Waals surface area (Å²) in [5, 5.41) is 11.8. The molecule has 0 aliphatic heterocycles. The molecule has 0 spiro atoms. The predicted molar refractivity (Wildman–Crippen MR) is 141 cm³/mol. The molecule has 3 rings (SSSR count). The normalized spacial score (nSPS) is 12.9. The molecule has 0 heterocycles. The minimum Gasteiger partial charge on any atom is -0.497 e. The number of aliphatic carboxylic acids is 1. The van der Waals surface area contributed by atoms with E-state index in [9.17, 15) is 22.8 Å². The maximum atomic E-state index is 13.6. The lowest BCUT2D eigenvalue weighted by atomic mass is 9.85. The van der Waals surface area contributed by atoms with Crippen molar-refractivity contribution in [2.75, 3.05) is 13.7 Å². The molecule has 10 heteroatoms. The zero-order valence-electron chi connectivity index (χ0n) is 21.4. The quantitative estimate of drug-likeness (QED) is 0.242. The Balaban J connectivity index is 1.98. The Hall–Kier alpha value is -3.72.